The Morgan fingerprint density at radius 3 is 2.23 bits per heavy atom. The molecule has 3 aromatic rings. The molecule has 0 amide bonds. The second-order valence-corrected chi connectivity index (χ2v) is 6.50. The molecule has 2 aromatic carbocycles. The van der Waals surface area contributed by atoms with Gasteiger partial charge in [0.25, 0.3) is 5.56 Å². The van der Waals surface area contributed by atoms with Crippen molar-refractivity contribution in [2.24, 2.45) is 5.92 Å². The SMILES string of the molecule is COc1ccc(OC(=O)c2cn(CC(C)C)c(=O)c3ccccc23)cc1. The van der Waals surface area contributed by atoms with E-state index in [0.29, 0.717) is 34.4 Å². The highest BCUT2D eigenvalue weighted by Gasteiger charge is 2.17. The van der Waals surface area contributed by atoms with E-state index < -0.39 is 5.97 Å². The molecule has 0 spiro atoms. The molecule has 3 rings (SSSR count). The van der Waals surface area contributed by atoms with Gasteiger partial charge in [-0.25, -0.2) is 4.79 Å². The molecule has 0 aliphatic rings. The van der Waals surface area contributed by atoms with Crippen molar-refractivity contribution in [3.8, 4) is 11.5 Å². The van der Waals surface area contributed by atoms with E-state index in [1.54, 1.807) is 66.4 Å². The van der Waals surface area contributed by atoms with Crippen LogP contribution in [0.2, 0.25) is 0 Å². The number of pyridine rings is 1. The number of benzene rings is 2. The normalized spacial score (nSPS) is 10.9. The summed E-state index contributed by atoms with van der Waals surface area (Å²) in [4.78, 5) is 25.4. The summed E-state index contributed by atoms with van der Waals surface area (Å²) in [7, 11) is 1.57. The van der Waals surface area contributed by atoms with E-state index in [-0.39, 0.29) is 11.5 Å². The van der Waals surface area contributed by atoms with Crippen LogP contribution in [0.15, 0.2) is 59.5 Å². The van der Waals surface area contributed by atoms with Crippen molar-refractivity contribution in [1.82, 2.24) is 4.57 Å². The predicted molar refractivity (Wildman–Crippen MR) is 101 cm³/mol. The molecule has 0 bridgehead atoms. The van der Waals surface area contributed by atoms with Crippen LogP contribution < -0.4 is 15.0 Å². The second kappa shape index (κ2) is 7.44. The Hall–Kier alpha value is -3.08. The van der Waals surface area contributed by atoms with Crippen LogP contribution >= 0.6 is 0 Å². The molecule has 0 atom stereocenters. The summed E-state index contributed by atoms with van der Waals surface area (Å²) in [5, 5.41) is 1.10. The highest BCUT2D eigenvalue weighted by molar-refractivity contribution is 6.04. The van der Waals surface area contributed by atoms with Gasteiger partial charge in [-0.3, -0.25) is 4.79 Å². The second-order valence-electron chi connectivity index (χ2n) is 6.50. The molecule has 0 fully saturated rings. The first-order valence-corrected chi connectivity index (χ1v) is 8.48. The fourth-order valence-corrected chi connectivity index (χ4v) is 2.84. The topological polar surface area (TPSA) is 57.5 Å². The van der Waals surface area contributed by atoms with Crippen LogP contribution in [-0.2, 0) is 6.54 Å². The quantitative estimate of drug-likeness (QED) is 0.517. The molecule has 0 saturated carbocycles. The van der Waals surface area contributed by atoms with E-state index in [4.69, 9.17) is 9.47 Å². The highest BCUT2D eigenvalue weighted by Crippen LogP contribution is 2.21. The molecule has 0 saturated heterocycles. The predicted octanol–water partition coefficient (Wildman–Crippen LogP) is 3.89. The van der Waals surface area contributed by atoms with Crippen molar-refractivity contribution in [2.75, 3.05) is 7.11 Å². The molecule has 5 nitrogen and oxygen atoms in total. The molecular formula is C21H21NO4. The Labute approximate surface area is 151 Å². The summed E-state index contributed by atoms with van der Waals surface area (Å²) < 4.78 is 12.2. The molecule has 5 heteroatoms. The van der Waals surface area contributed by atoms with Crippen LogP contribution in [0.1, 0.15) is 24.2 Å². The zero-order valence-electron chi connectivity index (χ0n) is 15.1. The third kappa shape index (κ3) is 3.61. The summed E-state index contributed by atoms with van der Waals surface area (Å²) in [5.41, 5.74) is 0.270. The Balaban J connectivity index is 2.03. The number of esters is 1. The average molecular weight is 351 g/mol. The van der Waals surface area contributed by atoms with E-state index in [1.807, 2.05) is 13.8 Å². The largest absolute Gasteiger partial charge is 0.497 e. The van der Waals surface area contributed by atoms with E-state index in [1.165, 1.54) is 0 Å². The van der Waals surface area contributed by atoms with Crippen LogP contribution in [0.4, 0.5) is 0 Å². The fourth-order valence-electron chi connectivity index (χ4n) is 2.84. The zero-order valence-corrected chi connectivity index (χ0v) is 15.1. The number of rotatable bonds is 5. The minimum Gasteiger partial charge on any atom is -0.497 e. The lowest BCUT2D eigenvalue weighted by atomic mass is 10.1. The molecule has 0 unspecified atom stereocenters. The van der Waals surface area contributed by atoms with Crippen LogP contribution in [0.3, 0.4) is 0 Å². The van der Waals surface area contributed by atoms with Crippen molar-refractivity contribution in [3.05, 3.63) is 70.6 Å². The van der Waals surface area contributed by atoms with E-state index in [9.17, 15) is 9.59 Å². The Bertz CT molecular complexity index is 987. The van der Waals surface area contributed by atoms with Gasteiger partial charge < -0.3 is 14.0 Å². The number of carbonyl (C=O) groups excluding carboxylic acids is 1. The lowest BCUT2D eigenvalue weighted by Crippen LogP contribution is -2.25. The number of fused-ring (bicyclic) bond motifs is 1. The number of methoxy groups -OCH3 is 1. The number of carbonyl (C=O) groups is 1. The van der Waals surface area contributed by atoms with Gasteiger partial charge in [-0.05, 0) is 36.2 Å². The Morgan fingerprint density at radius 2 is 1.62 bits per heavy atom. The van der Waals surface area contributed by atoms with Crippen LogP contribution in [0, 0.1) is 5.92 Å². The maximum atomic E-state index is 12.8. The summed E-state index contributed by atoms with van der Waals surface area (Å²) in [5.74, 6) is 0.880. The minimum absolute atomic E-state index is 0.102. The third-order valence-corrected chi connectivity index (χ3v) is 4.05. The maximum Gasteiger partial charge on any atom is 0.345 e. The number of hydrogen-bond donors (Lipinski definition) is 0. The van der Waals surface area contributed by atoms with Gasteiger partial charge in [0.15, 0.2) is 0 Å². The Morgan fingerprint density at radius 1 is 1.00 bits per heavy atom. The van der Waals surface area contributed by atoms with E-state index in [2.05, 4.69) is 0 Å². The smallest absolute Gasteiger partial charge is 0.345 e. The van der Waals surface area contributed by atoms with Gasteiger partial charge in [0.2, 0.25) is 0 Å². The minimum atomic E-state index is -0.496. The number of aromatic nitrogens is 1. The lowest BCUT2D eigenvalue weighted by molar-refractivity contribution is 0.0735. The molecular weight excluding hydrogens is 330 g/mol. The van der Waals surface area contributed by atoms with Crippen molar-refractivity contribution >= 4 is 16.7 Å². The number of ether oxygens (including phenoxy) is 2. The van der Waals surface area contributed by atoms with Gasteiger partial charge >= 0.3 is 5.97 Å². The first-order chi connectivity index (χ1) is 12.5. The van der Waals surface area contributed by atoms with Crippen molar-refractivity contribution in [1.29, 1.82) is 0 Å². The van der Waals surface area contributed by atoms with Crippen molar-refractivity contribution in [3.63, 3.8) is 0 Å². The van der Waals surface area contributed by atoms with Gasteiger partial charge in [-0.2, -0.15) is 0 Å². The molecule has 0 radical (unpaired) electrons. The van der Waals surface area contributed by atoms with Crippen molar-refractivity contribution in [2.45, 2.75) is 20.4 Å². The molecule has 0 aliphatic heterocycles. The first kappa shape index (κ1) is 17.7. The molecule has 0 N–H and O–H groups in total. The fraction of sp³-hybridized carbons (Fsp3) is 0.238. The number of hydrogen-bond acceptors (Lipinski definition) is 4. The molecule has 1 aromatic heterocycles. The van der Waals surface area contributed by atoms with Gasteiger partial charge in [0.05, 0.1) is 12.7 Å². The van der Waals surface area contributed by atoms with Gasteiger partial charge in [-0.15, -0.1) is 0 Å². The van der Waals surface area contributed by atoms with Crippen molar-refractivity contribution < 1.29 is 14.3 Å². The first-order valence-electron chi connectivity index (χ1n) is 8.48. The summed E-state index contributed by atoms with van der Waals surface area (Å²) in [6, 6.07) is 13.9. The van der Waals surface area contributed by atoms with Gasteiger partial charge in [0.1, 0.15) is 11.5 Å². The van der Waals surface area contributed by atoms with E-state index >= 15 is 0 Å². The van der Waals surface area contributed by atoms with Gasteiger partial charge in [0, 0.05) is 23.5 Å². The highest BCUT2D eigenvalue weighted by atomic mass is 16.5. The summed E-state index contributed by atoms with van der Waals surface area (Å²) in [6.07, 6.45) is 1.59. The lowest BCUT2D eigenvalue weighted by Gasteiger charge is -2.13. The van der Waals surface area contributed by atoms with Gasteiger partial charge in [-0.1, -0.05) is 32.0 Å². The third-order valence-electron chi connectivity index (χ3n) is 4.05. The zero-order chi connectivity index (χ0) is 18.7. The van der Waals surface area contributed by atoms with Crippen LogP contribution in [0.5, 0.6) is 11.5 Å². The molecule has 0 aliphatic carbocycles. The Kier molecular flexibility index (Phi) is 5.07. The monoisotopic (exact) mass is 351 g/mol. The molecule has 26 heavy (non-hydrogen) atoms. The molecule has 134 valence electrons. The van der Waals surface area contributed by atoms with E-state index in [0.717, 1.165) is 0 Å². The molecule has 1 heterocycles. The maximum absolute atomic E-state index is 12.8. The summed E-state index contributed by atoms with van der Waals surface area (Å²) in [6.45, 7) is 4.58. The number of nitrogens with zero attached hydrogens (tertiary/aromatic N) is 1. The van der Waals surface area contributed by atoms with Crippen LogP contribution in [0.25, 0.3) is 10.8 Å². The summed E-state index contributed by atoms with van der Waals surface area (Å²) >= 11 is 0. The average Bonchev–Trinajstić information content (AvgIpc) is 2.64. The van der Waals surface area contributed by atoms with Crippen LogP contribution in [-0.4, -0.2) is 17.6 Å². The standard InChI is InChI=1S/C21H21NO4/c1-14(2)12-22-13-19(17-6-4-5-7-18(17)20(22)23)21(24)26-16-10-8-15(25-3)9-11-16/h4-11,13-14H,12H2,1-3H3.